The van der Waals surface area contributed by atoms with Gasteiger partial charge in [0.25, 0.3) is 5.91 Å². The van der Waals surface area contributed by atoms with Gasteiger partial charge in [0, 0.05) is 0 Å². The van der Waals surface area contributed by atoms with E-state index in [0.29, 0.717) is 0 Å². The average Bonchev–Trinajstić information content (AvgIpc) is 2.44. The van der Waals surface area contributed by atoms with Crippen LogP contribution in [0.2, 0.25) is 0 Å². The predicted octanol–water partition coefficient (Wildman–Crippen LogP) is 1.07. The van der Waals surface area contributed by atoms with E-state index in [2.05, 4.69) is 0 Å². The van der Waals surface area contributed by atoms with Gasteiger partial charge in [0.05, 0.1) is 6.04 Å². The first-order chi connectivity index (χ1) is 6.24. The Labute approximate surface area is 76.2 Å². The van der Waals surface area contributed by atoms with Crippen molar-refractivity contribution in [1.29, 1.82) is 0 Å². The molecule has 0 N–H and O–H groups in total. The van der Waals surface area contributed by atoms with Gasteiger partial charge in [-0.2, -0.15) is 0 Å². The zero-order valence-electron chi connectivity index (χ0n) is 7.40. The third kappa shape index (κ3) is 1.13. The smallest absolute Gasteiger partial charge is 0.417 e. The van der Waals surface area contributed by atoms with Crippen LogP contribution in [0.3, 0.4) is 0 Å². The Morgan fingerprint density at radius 1 is 1.62 bits per heavy atom. The molecule has 2 atom stereocenters. The van der Waals surface area contributed by atoms with Gasteiger partial charge in [-0.3, -0.25) is 4.79 Å². The van der Waals surface area contributed by atoms with Crippen molar-refractivity contribution >= 4 is 12.0 Å². The summed E-state index contributed by atoms with van der Waals surface area (Å²) in [6, 6.07) is -0.0741. The molecule has 2 amide bonds. The van der Waals surface area contributed by atoms with Crippen molar-refractivity contribution in [3.8, 4) is 0 Å². The number of fused-ring (bicyclic) bond motifs is 1. The summed E-state index contributed by atoms with van der Waals surface area (Å²) >= 11 is 0. The van der Waals surface area contributed by atoms with Crippen LogP contribution in [0, 0.1) is 0 Å². The molecule has 0 unspecified atom stereocenters. The van der Waals surface area contributed by atoms with Crippen LogP contribution >= 0.6 is 0 Å². The van der Waals surface area contributed by atoms with E-state index in [1.807, 2.05) is 6.92 Å². The van der Waals surface area contributed by atoms with Gasteiger partial charge >= 0.3 is 6.09 Å². The Hall–Kier alpha value is -1.32. The van der Waals surface area contributed by atoms with Crippen molar-refractivity contribution in [2.45, 2.75) is 31.9 Å². The van der Waals surface area contributed by atoms with Crippen LogP contribution in [0.15, 0.2) is 12.2 Å². The van der Waals surface area contributed by atoms with Gasteiger partial charge in [-0.25, -0.2) is 9.69 Å². The van der Waals surface area contributed by atoms with Crippen molar-refractivity contribution in [3.63, 3.8) is 0 Å². The van der Waals surface area contributed by atoms with E-state index in [4.69, 9.17) is 4.74 Å². The molecule has 0 radical (unpaired) electrons. The molecule has 2 aliphatic heterocycles. The normalized spacial score (nSPS) is 31.9. The summed E-state index contributed by atoms with van der Waals surface area (Å²) in [5, 5.41) is 0. The fourth-order valence-corrected chi connectivity index (χ4v) is 1.82. The molecule has 70 valence electrons. The molecule has 13 heavy (non-hydrogen) atoms. The number of cyclic esters (lactones) is 1. The Kier molecular flexibility index (Phi) is 1.83. The first-order valence-corrected chi connectivity index (χ1v) is 4.44. The molecule has 1 fully saturated rings. The topological polar surface area (TPSA) is 46.6 Å². The zero-order valence-corrected chi connectivity index (χ0v) is 7.40. The number of carbonyl (C=O) groups excluding carboxylic acids is 2. The second-order valence-electron chi connectivity index (χ2n) is 3.24. The Balaban J connectivity index is 2.28. The van der Waals surface area contributed by atoms with E-state index in [9.17, 15) is 9.59 Å². The minimum absolute atomic E-state index is 0.0741. The molecule has 2 rings (SSSR count). The van der Waals surface area contributed by atoms with Crippen LogP contribution in [-0.4, -0.2) is 29.0 Å². The van der Waals surface area contributed by atoms with Crippen LogP contribution < -0.4 is 0 Å². The number of imide groups is 1. The maximum atomic E-state index is 11.3. The molecule has 1 saturated heterocycles. The highest BCUT2D eigenvalue weighted by molar-refractivity contribution is 6.00. The number of hydrogen-bond acceptors (Lipinski definition) is 3. The molecular weight excluding hydrogens is 170 g/mol. The number of hydrogen-bond donors (Lipinski definition) is 0. The average molecular weight is 181 g/mol. The highest BCUT2D eigenvalue weighted by Gasteiger charge is 2.44. The third-order valence-corrected chi connectivity index (χ3v) is 2.49. The van der Waals surface area contributed by atoms with E-state index in [1.54, 1.807) is 6.08 Å². The monoisotopic (exact) mass is 181 g/mol. The van der Waals surface area contributed by atoms with Crippen LogP contribution in [0.4, 0.5) is 4.79 Å². The third-order valence-electron chi connectivity index (χ3n) is 2.49. The molecule has 0 aromatic rings. The van der Waals surface area contributed by atoms with Crippen LogP contribution in [-0.2, 0) is 9.53 Å². The molecule has 2 heterocycles. The molecule has 0 aromatic heterocycles. The first kappa shape index (κ1) is 8.29. The zero-order chi connectivity index (χ0) is 9.42. The molecule has 2 aliphatic rings. The van der Waals surface area contributed by atoms with Gasteiger partial charge < -0.3 is 4.74 Å². The molecule has 4 heteroatoms. The van der Waals surface area contributed by atoms with Crippen LogP contribution in [0.1, 0.15) is 19.8 Å². The number of ether oxygens (including phenoxy) is 1. The second-order valence-corrected chi connectivity index (χ2v) is 3.24. The largest absolute Gasteiger partial charge is 0.444 e. The minimum atomic E-state index is -0.494. The molecule has 0 aliphatic carbocycles. The summed E-state index contributed by atoms with van der Waals surface area (Å²) in [5.41, 5.74) is 0. The van der Waals surface area contributed by atoms with Crippen LogP contribution in [0.25, 0.3) is 0 Å². The highest BCUT2D eigenvalue weighted by atomic mass is 16.6. The summed E-state index contributed by atoms with van der Waals surface area (Å²) in [6.45, 7) is 1.95. The van der Waals surface area contributed by atoms with Crippen LogP contribution in [0.5, 0.6) is 0 Å². The molecule has 0 spiro atoms. The fourth-order valence-electron chi connectivity index (χ4n) is 1.82. The first-order valence-electron chi connectivity index (χ1n) is 4.44. The summed E-state index contributed by atoms with van der Waals surface area (Å²) in [4.78, 5) is 23.7. The molecular formula is C9H11NO3. The lowest BCUT2D eigenvalue weighted by atomic mass is 10.0. The van der Waals surface area contributed by atoms with Crippen molar-refractivity contribution < 1.29 is 14.3 Å². The van der Waals surface area contributed by atoms with E-state index in [-0.39, 0.29) is 18.1 Å². The lowest BCUT2D eigenvalue weighted by Gasteiger charge is -2.22. The number of nitrogens with zero attached hydrogens (tertiary/aromatic N) is 1. The van der Waals surface area contributed by atoms with Gasteiger partial charge in [0.15, 0.2) is 0 Å². The Morgan fingerprint density at radius 2 is 2.38 bits per heavy atom. The van der Waals surface area contributed by atoms with Gasteiger partial charge in [0.2, 0.25) is 0 Å². The van der Waals surface area contributed by atoms with E-state index in [0.717, 1.165) is 12.8 Å². The summed E-state index contributed by atoms with van der Waals surface area (Å²) in [6.07, 6.45) is 4.08. The standard InChI is InChI=1S/C9H11NO3/c1-2-7-6-4-3-5-8(11)10(6)9(12)13-7/h3,5-7H,2,4H2,1H3/t6-,7-/m0/s1. The van der Waals surface area contributed by atoms with Gasteiger partial charge in [-0.05, 0) is 18.9 Å². The lowest BCUT2D eigenvalue weighted by Crippen LogP contribution is -2.41. The van der Waals surface area contributed by atoms with E-state index >= 15 is 0 Å². The second kappa shape index (κ2) is 2.87. The number of carbonyl (C=O) groups is 2. The van der Waals surface area contributed by atoms with Gasteiger partial charge in [-0.1, -0.05) is 13.0 Å². The fraction of sp³-hybridized carbons (Fsp3) is 0.556. The maximum Gasteiger partial charge on any atom is 0.417 e. The predicted molar refractivity (Wildman–Crippen MR) is 45.0 cm³/mol. The molecule has 0 aromatic carbocycles. The summed E-state index contributed by atoms with van der Waals surface area (Å²) in [7, 11) is 0. The summed E-state index contributed by atoms with van der Waals surface area (Å²) < 4.78 is 5.05. The SMILES string of the molecule is CC[C@@H]1OC(=O)N2C(=O)C=CC[C@@H]12. The van der Waals surface area contributed by atoms with E-state index < -0.39 is 6.09 Å². The lowest BCUT2D eigenvalue weighted by molar-refractivity contribution is -0.124. The maximum absolute atomic E-state index is 11.3. The number of amides is 2. The van der Waals surface area contributed by atoms with Gasteiger partial charge in [-0.15, -0.1) is 0 Å². The molecule has 4 nitrogen and oxygen atoms in total. The van der Waals surface area contributed by atoms with Crippen molar-refractivity contribution in [2.75, 3.05) is 0 Å². The quantitative estimate of drug-likeness (QED) is 0.608. The highest BCUT2D eigenvalue weighted by Crippen LogP contribution is 2.27. The molecule has 0 saturated carbocycles. The Bertz CT molecular complexity index is 285. The van der Waals surface area contributed by atoms with Crippen molar-refractivity contribution in [1.82, 2.24) is 4.90 Å². The van der Waals surface area contributed by atoms with E-state index in [1.165, 1.54) is 11.0 Å². The van der Waals surface area contributed by atoms with Crippen molar-refractivity contribution in [3.05, 3.63) is 12.2 Å². The minimum Gasteiger partial charge on any atom is -0.444 e. The number of rotatable bonds is 1. The Morgan fingerprint density at radius 3 is 3.08 bits per heavy atom. The van der Waals surface area contributed by atoms with Crippen molar-refractivity contribution in [2.24, 2.45) is 0 Å². The van der Waals surface area contributed by atoms with Gasteiger partial charge in [0.1, 0.15) is 6.10 Å². The summed E-state index contributed by atoms with van der Waals surface area (Å²) in [5.74, 6) is -0.253. The molecule has 0 bridgehead atoms.